The van der Waals surface area contributed by atoms with E-state index < -0.39 is 0 Å². The lowest BCUT2D eigenvalue weighted by atomic mass is 9.77. The second kappa shape index (κ2) is 9.72. The van der Waals surface area contributed by atoms with Crippen LogP contribution in [-0.4, -0.2) is 34.3 Å². The zero-order valence-electron chi connectivity index (χ0n) is 23.8. The molecule has 5 rings (SSSR count). The Hall–Kier alpha value is -3.40. The summed E-state index contributed by atoms with van der Waals surface area (Å²) in [5.74, 6) is 0.0336. The summed E-state index contributed by atoms with van der Waals surface area (Å²) < 4.78 is 2.34. The topological polar surface area (TPSA) is 43.5 Å². The Morgan fingerprint density at radius 2 is 1.53 bits per heavy atom. The molecule has 3 aliphatic rings. The molecule has 0 fully saturated rings. The van der Waals surface area contributed by atoms with E-state index >= 15 is 0 Å². The highest BCUT2D eigenvalue weighted by Crippen LogP contribution is 2.49. The molecule has 2 aliphatic heterocycles. The van der Waals surface area contributed by atoms with Crippen LogP contribution in [0.5, 0.6) is 0 Å². The number of anilines is 1. The summed E-state index contributed by atoms with van der Waals surface area (Å²) in [7, 11) is 0. The zero-order valence-corrected chi connectivity index (χ0v) is 23.8. The van der Waals surface area contributed by atoms with E-state index in [-0.39, 0.29) is 22.4 Å². The maximum absolute atomic E-state index is 13.6. The Balaban J connectivity index is 1.57. The van der Waals surface area contributed by atoms with E-state index in [1.165, 1.54) is 22.5 Å². The van der Waals surface area contributed by atoms with Gasteiger partial charge in [-0.2, -0.15) is 4.58 Å². The molecule has 0 spiro atoms. The number of para-hydroxylation sites is 2. The SMILES string of the molecule is CCCCN1/C(=C/C2=C(O)C(=C/C3=[N+](CCCC)c4ccccc4C3(C)C)/C2=O)C(C)(C)c2ccccc21. The van der Waals surface area contributed by atoms with E-state index in [2.05, 4.69) is 99.5 Å². The molecule has 1 N–H and O–H groups in total. The van der Waals surface area contributed by atoms with Gasteiger partial charge < -0.3 is 10.0 Å². The maximum Gasteiger partial charge on any atom is 0.209 e. The summed E-state index contributed by atoms with van der Waals surface area (Å²) in [6, 6.07) is 17.0. The molecule has 198 valence electrons. The van der Waals surface area contributed by atoms with Gasteiger partial charge in [-0.1, -0.05) is 76.9 Å². The Bertz CT molecular complexity index is 1420. The molecule has 0 unspecified atom stereocenters. The van der Waals surface area contributed by atoms with Crippen molar-refractivity contribution in [1.82, 2.24) is 0 Å². The van der Waals surface area contributed by atoms with Crippen LogP contribution in [0.15, 0.2) is 83.3 Å². The van der Waals surface area contributed by atoms with Gasteiger partial charge >= 0.3 is 0 Å². The molecule has 2 heterocycles. The van der Waals surface area contributed by atoms with Gasteiger partial charge in [0.15, 0.2) is 5.71 Å². The highest BCUT2D eigenvalue weighted by molar-refractivity contribution is 6.24. The number of ketones is 1. The lowest BCUT2D eigenvalue weighted by Crippen LogP contribution is -2.32. The fourth-order valence-corrected chi connectivity index (χ4v) is 6.30. The number of carbonyl (C=O) groups excluding carboxylic acids is 1. The number of nitrogens with zero attached hydrogens (tertiary/aromatic N) is 2. The van der Waals surface area contributed by atoms with Crippen LogP contribution in [-0.2, 0) is 15.6 Å². The summed E-state index contributed by atoms with van der Waals surface area (Å²) in [5, 5.41) is 11.3. The first-order chi connectivity index (χ1) is 18.1. The lowest BCUT2D eigenvalue weighted by molar-refractivity contribution is -0.438. The van der Waals surface area contributed by atoms with Crippen molar-refractivity contribution >= 4 is 22.9 Å². The quantitative estimate of drug-likeness (QED) is 0.293. The molecule has 2 aromatic rings. The molecule has 4 nitrogen and oxygen atoms in total. The highest BCUT2D eigenvalue weighted by Gasteiger charge is 2.47. The van der Waals surface area contributed by atoms with E-state index in [0.29, 0.717) is 11.1 Å². The number of hydrogen-bond donors (Lipinski definition) is 1. The molecule has 0 bridgehead atoms. The minimum Gasteiger partial charge on any atom is -0.506 e. The third-order valence-corrected chi connectivity index (χ3v) is 8.63. The van der Waals surface area contributed by atoms with Crippen LogP contribution in [0.2, 0.25) is 0 Å². The Morgan fingerprint density at radius 1 is 0.868 bits per heavy atom. The number of carbonyl (C=O) groups is 1. The van der Waals surface area contributed by atoms with Crippen molar-refractivity contribution in [3.63, 3.8) is 0 Å². The van der Waals surface area contributed by atoms with E-state index in [1.807, 2.05) is 12.2 Å². The Labute approximate surface area is 227 Å². The largest absolute Gasteiger partial charge is 0.506 e. The van der Waals surface area contributed by atoms with Gasteiger partial charge in [0, 0.05) is 47.5 Å². The van der Waals surface area contributed by atoms with Crippen molar-refractivity contribution in [3.05, 3.63) is 94.4 Å². The Kier molecular flexibility index (Phi) is 6.71. The molecule has 0 aromatic heterocycles. The van der Waals surface area contributed by atoms with Gasteiger partial charge in [-0.05, 0) is 38.0 Å². The molecule has 0 atom stereocenters. The van der Waals surface area contributed by atoms with Gasteiger partial charge in [0.05, 0.1) is 16.6 Å². The second-order valence-electron chi connectivity index (χ2n) is 11.9. The van der Waals surface area contributed by atoms with Gasteiger partial charge in [-0.3, -0.25) is 4.79 Å². The van der Waals surface area contributed by atoms with Crippen molar-refractivity contribution in [2.45, 2.75) is 78.1 Å². The van der Waals surface area contributed by atoms with Gasteiger partial charge in [0.1, 0.15) is 12.3 Å². The third kappa shape index (κ3) is 3.97. The summed E-state index contributed by atoms with van der Waals surface area (Å²) in [4.78, 5) is 15.9. The average molecular weight is 510 g/mol. The number of allylic oxidation sites excluding steroid dienone is 5. The Morgan fingerprint density at radius 3 is 2.21 bits per heavy atom. The van der Waals surface area contributed by atoms with E-state index in [0.717, 1.165) is 50.2 Å². The van der Waals surface area contributed by atoms with E-state index in [1.54, 1.807) is 0 Å². The fraction of sp³-hybridized carbons (Fsp3) is 0.412. The maximum atomic E-state index is 13.6. The van der Waals surface area contributed by atoms with Crippen LogP contribution in [0, 0.1) is 0 Å². The predicted octanol–water partition coefficient (Wildman–Crippen LogP) is 7.67. The summed E-state index contributed by atoms with van der Waals surface area (Å²) in [6.45, 7) is 15.0. The van der Waals surface area contributed by atoms with Gasteiger partial charge in [0.2, 0.25) is 11.5 Å². The van der Waals surface area contributed by atoms with Crippen molar-refractivity contribution in [2.75, 3.05) is 18.0 Å². The van der Waals surface area contributed by atoms with Gasteiger partial charge in [-0.25, -0.2) is 0 Å². The molecule has 0 saturated heterocycles. The van der Waals surface area contributed by atoms with Crippen LogP contribution in [0.3, 0.4) is 0 Å². The van der Waals surface area contributed by atoms with Crippen LogP contribution in [0.4, 0.5) is 11.4 Å². The van der Waals surface area contributed by atoms with Crippen LogP contribution < -0.4 is 4.90 Å². The summed E-state index contributed by atoms with van der Waals surface area (Å²) >= 11 is 0. The first kappa shape index (κ1) is 26.2. The first-order valence-corrected chi connectivity index (χ1v) is 14.2. The summed E-state index contributed by atoms with van der Waals surface area (Å²) in [5.41, 5.74) is 7.41. The standard InChI is InChI=1S/C34H40N2O2/c1-7-9-19-35-27-17-13-11-15-25(27)33(3,4)29(35)21-23-31(37)24(32(23)38)22-30-34(5,6)26-16-12-14-18-28(26)36(30)20-10-8-2/h11-18,21-22H,7-10,19-20H2,1-6H3/p+1. The van der Waals surface area contributed by atoms with Crippen LogP contribution in [0.1, 0.15) is 78.4 Å². The van der Waals surface area contributed by atoms with Gasteiger partial charge in [-0.15, -0.1) is 0 Å². The first-order valence-electron chi connectivity index (χ1n) is 14.2. The number of fused-ring (bicyclic) bond motifs is 2. The van der Waals surface area contributed by atoms with Crippen molar-refractivity contribution in [1.29, 1.82) is 0 Å². The number of Topliss-reactive ketones (excluding diaryl/α,β-unsaturated/α-hetero) is 1. The minimum absolute atomic E-state index is 0.0769. The smallest absolute Gasteiger partial charge is 0.209 e. The van der Waals surface area contributed by atoms with E-state index in [4.69, 9.17) is 0 Å². The van der Waals surface area contributed by atoms with Crippen molar-refractivity contribution in [3.8, 4) is 0 Å². The van der Waals surface area contributed by atoms with Crippen LogP contribution in [0.25, 0.3) is 0 Å². The molecular formula is C34H41N2O2+. The number of hydrogen-bond acceptors (Lipinski definition) is 3. The van der Waals surface area contributed by atoms with Crippen LogP contribution >= 0.6 is 0 Å². The number of rotatable bonds is 8. The molecular weight excluding hydrogens is 468 g/mol. The third-order valence-electron chi connectivity index (χ3n) is 8.63. The molecule has 0 radical (unpaired) electrons. The molecule has 0 amide bonds. The van der Waals surface area contributed by atoms with E-state index in [9.17, 15) is 9.90 Å². The van der Waals surface area contributed by atoms with Crippen molar-refractivity contribution < 1.29 is 14.5 Å². The lowest BCUT2D eigenvalue weighted by Gasteiger charge is -2.29. The predicted molar refractivity (Wildman–Crippen MR) is 157 cm³/mol. The highest BCUT2D eigenvalue weighted by atomic mass is 16.3. The molecule has 1 aliphatic carbocycles. The molecule has 2 aromatic carbocycles. The zero-order chi connectivity index (χ0) is 27.2. The average Bonchev–Trinajstić information content (AvgIpc) is 3.26. The molecule has 38 heavy (non-hydrogen) atoms. The van der Waals surface area contributed by atoms with Gasteiger partial charge in [0.25, 0.3) is 0 Å². The summed E-state index contributed by atoms with van der Waals surface area (Å²) in [6.07, 6.45) is 8.20. The fourth-order valence-electron chi connectivity index (χ4n) is 6.30. The number of benzene rings is 2. The molecule has 4 heteroatoms. The normalized spacial score (nSPS) is 21.4. The number of aliphatic hydroxyl groups excluding tert-OH is 1. The monoisotopic (exact) mass is 509 g/mol. The number of aliphatic hydroxyl groups is 1. The van der Waals surface area contributed by atoms with Crippen molar-refractivity contribution in [2.24, 2.45) is 0 Å². The molecule has 0 saturated carbocycles. The minimum atomic E-state index is -0.252. The number of unbranched alkanes of at least 4 members (excludes halogenated alkanes) is 2. The second-order valence-corrected chi connectivity index (χ2v) is 11.9.